The topological polar surface area (TPSA) is 80.9 Å². The lowest BCUT2D eigenvalue weighted by atomic mass is 10.1. The van der Waals surface area contributed by atoms with E-state index in [0.717, 1.165) is 21.8 Å². The smallest absolute Gasteiger partial charge is 0.327 e. The predicted octanol–water partition coefficient (Wildman–Crippen LogP) is 2.99. The molecule has 2 N–H and O–H groups in total. The number of nitrogens with zero attached hydrogens (tertiary/aromatic N) is 1. The molecule has 0 aliphatic carbocycles. The van der Waals surface area contributed by atoms with Gasteiger partial charge in [-0.15, -0.1) is 0 Å². The Balaban J connectivity index is 2.26. The van der Waals surface area contributed by atoms with Crippen LogP contribution >= 0.6 is 7.60 Å². The lowest BCUT2D eigenvalue weighted by Crippen LogP contribution is -2.03. The van der Waals surface area contributed by atoms with Crippen LogP contribution in [0.5, 0.6) is 11.5 Å². The third-order valence-electron chi connectivity index (χ3n) is 3.90. The number of hydrogen-bond donors (Lipinski definition) is 2. The zero-order valence-corrected chi connectivity index (χ0v) is 13.8. The summed E-state index contributed by atoms with van der Waals surface area (Å²) in [7, 11) is -0.903. The first kappa shape index (κ1) is 15.9. The van der Waals surface area contributed by atoms with E-state index in [1.54, 1.807) is 14.2 Å². The normalized spacial score (nSPS) is 12.0. The minimum atomic E-state index is -4.08. The van der Waals surface area contributed by atoms with E-state index in [1.807, 2.05) is 41.0 Å². The van der Waals surface area contributed by atoms with Crippen molar-refractivity contribution in [1.82, 2.24) is 4.57 Å². The second-order valence-electron chi connectivity index (χ2n) is 5.31. The molecule has 7 heteroatoms. The lowest BCUT2D eigenvalue weighted by molar-refractivity contribution is 0.370. The van der Waals surface area contributed by atoms with Gasteiger partial charge in [-0.3, -0.25) is 4.57 Å². The number of hydrogen-bond acceptors (Lipinski definition) is 3. The van der Waals surface area contributed by atoms with Crippen LogP contribution in [0.1, 0.15) is 0 Å². The van der Waals surface area contributed by atoms with Crippen LogP contribution in [0.2, 0.25) is 0 Å². The van der Waals surface area contributed by atoms with Gasteiger partial charge in [-0.1, -0.05) is 0 Å². The van der Waals surface area contributed by atoms with Crippen LogP contribution in [0.4, 0.5) is 0 Å². The van der Waals surface area contributed by atoms with Crippen molar-refractivity contribution in [3.63, 3.8) is 0 Å². The SMILES string of the molecule is COc1ccc2c3ccc(OC)cc3n(CCP(=O)(O)O)c2c1. The molecular weight excluding hydrogens is 317 g/mol. The van der Waals surface area contributed by atoms with Gasteiger partial charge in [0.15, 0.2) is 0 Å². The highest BCUT2D eigenvalue weighted by atomic mass is 31.2. The Hall–Kier alpha value is -2.01. The van der Waals surface area contributed by atoms with Gasteiger partial charge in [0.2, 0.25) is 0 Å². The maximum atomic E-state index is 11.3. The van der Waals surface area contributed by atoms with Crippen LogP contribution in [-0.4, -0.2) is 34.7 Å². The summed E-state index contributed by atoms with van der Waals surface area (Å²) in [5, 5.41) is 2.02. The maximum Gasteiger partial charge on any atom is 0.327 e. The first-order valence-corrected chi connectivity index (χ1v) is 8.91. The van der Waals surface area contributed by atoms with E-state index in [0.29, 0.717) is 11.5 Å². The van der Waals surface area contributed by atoms with Crippen molar-refractivity contribution in [2.24, 2.45) is 0 Å². The van der Waals surface area contributed by atoms with Gasteiger partial charge < -0.3 is 23.8 Å². The number of fused-ring (bicyclic) bond motifs is 3. The van der Waals surface area contributed by atoms with Crippen LogP contribution < -0.4 is 9.47 Å². The molecule has 3 aromatic rings. The Labute approximate surface area is 133 Å². The van der Waals surface area contributed by atoms with Crippen LogP contribution in [0, 0.1) is 0 Å². The molecule has 0 radical (unpaired) electrons. The molecule has 0 unspecified atom stereocenters. The largest absolute Gasteiger partial charge is 0.497 e. The fraction of sp³-hybridized carbons (Fsp3) is 0.250. The Kier molecular flexibility index (Phi) is 4.06. The summed E-state index contributed by atoms with van der Waals surface area (Å²) in [5.41, 5.74) is 1.75. The zero-order valence-electron chi connectivity index (χ0n) is 12.9. The summed E-state index contributed by atoms with van der Waals surface area (Å²) in [4.78, 5) is 18.4. The number of aryl methyl sites for hydroxylation is 1. The molecule has 0 bridgehead atoms. The molecule has 3 rings (SSSR count). The molecule has 6 nitrogen and oxygen atoms in total. The minimum Gasteiger partial charge on any atom is -0.497 e. The highest BCUT2D eigenvalue weighted by molar-refractivity contribution is 7.51. The number of ether oxygens (including phenoxy) is 2. The van der Waals surface area contributed by atoms with Gasteiger partial charge in [0.05, 0.1) is 31.4 Å². The average Bonchev–Trinajstić information content (AvgIpc) is 2.84. The molecule has 1 heterocycles. The molecule has 0 aliphatic rings. The van der Waals surface area contributed by atoms with Crippen molar-refractivity contribution in [3.8, 4) is 11.5 Å². The monoisotopic (exact) mass is 335 g/mol. The molecule has 0 atom stereocenters. The molecule has 0 aliphatic heterocycles. The van der Waals surface area contributed by atoms with Gasteiger partial charge in [-0.2, -0.15) is 0 Å². The fourth-order valence-corrected chi connectivity index (χ4v) is 3.24. The number of benzene rings is 2. The Morgan fingerprint density at radius 1 is 0.957 bits per heavy atom. The van der Waals surface area contributed by atoms with Gasteiger partial charge in [0.25, 0.3) is 0 Å². The molecular formula is C16H18NO5P. The first-order chi connectivity index (χ1) is 10.9. The fourth-order valence-electron chi connectivity index (χ4n) is 2.78. The predicted molar refractivity (Wildman–Crippen MR) is 89.5 cm³/mol. The second-order valence-corrected chi connectivity index (χ2v) is 7.08. The quantitative estimate of drug-likeness (QED) is 0.701. The number of rotatable bonds is 5. The van der Waals surface area contributed by atoms with Crippen molar-refractivity contribution in [3.05, 3.63) is 36.4 Å². The molecule has 122 valence electrons. The van der Waals surface area contributed by atoms with E-state index in [4.69, 9.17) is 9.47 Å². The molecule has 1 aromatic heterocycles. The van der Waals surface area contributed by atoms with E-state index in [-0.39, 0.29) is 12.7 Å². The number of aromatic nitrogens is 1. The maximum absolute atomic E-state index is 11.3. The van der Waals surface area contributed by atoms with E-state index in [1.165, 1.54) is 0 Å². The summed E-state index contributed by atoms with van der Waals surface area (Å²) < 4.78 is 23.7. The van der Waals surface area contributed by atoms with Gasteiger partial charge >= 0.3 is 7.60 Å². The second kappa shape index (κ2) is 5.89. The third kappa shape index (κ3) is 3.06. The first-order valence-electron chi connectivity index (χ1n) is 7.11. The number of methoxy groups -OCH3 is 2. The van der Waals surface area contributed by atoms with Crippen molar-refractivity contribution < 1.29 is 23.8 Å². The van der Waals surface area contributed by atoms with Crippen molar-refractivity contribution >= 4 is 29.4 Å². The van der Waals surface area contributed by atoms with Crippen molar-refractivity contribution in [2.75, 3.05) is 20.4 Å². The van der Waals surface area contributed by atoms with Gasteiger partial charge in [-0.05, 0) is 24.3 Å². The molecule has 0 amide bonds. The summed E-state index contributed by atoms with van der Waals surface area (Å²) in [6.45, 7) is 0.213. The summed E-state index contributed by atoms with van der Waals surface area (Å²) in [6.07, 6.45) is -0.222. The molecule has 2 aromatic carbocycles. The van der Waals surface area contributed by atoms with Crippen molar-refractivity contribution in [1.29, 1.82) is 0 Å². The molecule has 0 fully saturated rings. The summed E-state index contributed by atoms with van der Waals surface area (Å²) in [5.74, 6) is 1.40. The van der Waals surface area contributed by atoms with E-state index in [9.17, 15) is 14.4 Å². The zero-order chi connectivity index (χ0) is 16.6. The summed E-state index contributed by atoms with van der Waals surface area (Å²) in [6, 6.07) is 11.4. The van der Waals surface area contributed by atoms with Crippen LogP contribution in [-0.2, 0) is 11.1 Å². The van der Waals surface area contributed by atoms with Gasteiger partial charge in [0.1, 0.15) is 11.5 Å². The van der Waals surface area contributed by atoms with Gasteiger partial charge in [0, 0.05) is 29.4 Å². The molecule has 0 spiro atoms. The highest BCUT2D eigenvalue weighted by Crippen LogP contribution is 2.37. The third-order valence-corrected chi connectivity index (χ3v) is 4.68. The Morgan fingerprint density at radius 2 is 1.43 bits per heavy atom. The van der Waals surface area contributed by atoms with E-state index in [2.05, 4.69) is 0 Å². The molecule has 0 saturated carbocycles. The summed E-state index contributed by atoms with van der Waals surface area (Å²) >= 11 is 0. The average molecular weight is 335 g/mol. The highest BCUT2D eigenvalue weighted by Gasteiger charge is 2.17. The van der Waals surface area contributed by atoms with Crippen LogP contribution in [0.3, 0.4) is 0 Å². The Morgan fingerprint density at radius 3 is 1.83 bits per heavy atom. The lowest BCUT2D eigenvalue weighted by Gasteiger charge is -2.10. The molecule has 23 heavy (non-hydrogen) atoms. The minimum absolute atomic E-state index is 0.213. The van der Waals surface area contributed by atoms with Gasteiger partial charge in [-0.25, -0.2) is 0 Å². The van der Waals surface area contributed by atoms with Crippen LogP contribution in [0.25, 0.3) is 21.8 Å². The molecule has 0 saturated heterocycles. The Bertz CT molecular complexity index is 850. The van der Waals surface area contributed by atoms with E-state index >= 15 is 0 Å². The standard InChI is InChI=1S/C16H18NO5P/c1-21-11-3-5-13-14-6-4-12(22-2)10-16(14)17(15(13)9-11)7-8-23(18,19)20/h3-6,9-10H,7-8H2,1-2H3,(H2,18,19,20). The van der Waals surface area contributed by atoms with E-state index < -0.39 is 7.60 Å². The van der Waals surface area contributed by atoms with Crippen molar-refractivity contribution in [2.45, 2.75) is 6.54 Å². The van der Waals surface area contributed by atoms with Crippen LogP contribution in [0.15, 0.2) is 36.4 Å².